The van der Waals surface area contributed by atoms with E-state index >= 15 is 0 Å². The first-order valence-corrected chi connectivity index (χ1v) is 6.84. The van der Waals surface area contributed by atoms with E-state index in [0.717, 1.165) is 18.7 Å². The van der Waals surface area contributed by atoms with Crippen LogP contribution in [0.2, 0.25) is 0 Å². The fourth-order valence-electron chi connectivity index (χ4n) is 1.89. The van der Waals surface area contributed by atoms with Crippen LogP contribution in [0.15, 0.2) is 24.3 Å². The van der Waals surface area contributed by atoms with E-state index in [1.54, 1.807) is 17.0 Å². The van der Waals surface area contributed by atoms with Crippen molar-refractivity contribution in [3.63, 3.8) is 0 Å². The lowest BCUT2D eigenvalue weighted by Gasteiger charge is -2.21. The molecule has 0 aromatic heterocycles. The summed E-state index contributed by atoms with van der Waals surface area (Å²) in [7, 11) is 0. The van der Waals surface area contributed by atoms with Crippen molar-refractivity contribution < 1.29 is 9.18 Å². The third kappa shape index (κ3) is 5.39. The summed E-state index contributed by atoms with van der Waals surface area (Å²) in [6.07, 6.45) is 1.32. The molecule has 0 spiro atoms. The van der Waals surface area contributed by atoms with E-state index in [9.17, 15) is 9.18 Å². The normalized spacial score (nSPS) is 10.8. The molecule has 19 heavy (non-hydrogen) atoms. The number of hydrogen-bond acceptors (Lipinski definition) is 2. The summed E-state index contributed by atoms with van der Waals surface area (Å²) in [5.41, 5.74) is 0.755. The average Bonchev–Trinajstić information content (AvgIpc) is 2.37. The van der Waals surface area contributed by atoms with Gasteiger partial charge in [-0.1, -0.05) is 13.8 Å². The van der Waals surface area contributed by atoms with Crippen LogP contribution < -0.4 is 10.2 Å². The Morgan fingerprint density at radius 3 is 2.47 bits per heavy atom. The lowest BCUT2D eigenvalue weighted by molar-refractivity contribution is -0.118. The third-order valence-corrected chi connectivity index (χ3v) is 2.88. The number of anilines is 1. The molecule has 1 amide bonds. The van der Waals surface area contributed by atoms with Gasteiger partial charge in [0.15, 0.2) is 0 Å². The van der Waals surface area contributed by atoms with Crippen LogP contribution >= 0.6 is 0 Å². The van der Waals surface area contributed by atoms with Crippen molar-refractivity contribution in [1.29, 1.82) is 0 Å². The number of carbonyl (C=O) groups is 1. The van der Waals surface area contributed by atoms with Gasteiger partial charge in [-0.15, -0.1) is 0 Å². The molecule has 0 radical (unpaired) electrons. The molecule has 0 atom stereocenters. The summed E-state index contributed by atoms with van der Waals surface area (Å²) in [5, 5.41) is 3.28. The first-order valence-electron chi connectivity index (χ1n) is 6.84. The lowest BCUT2D eigenvalue weighted by Crippen LogP contribution is -2.31. The Labute approximate surface area is 114 Å². The second kappa shape index (κ2) is 7.89. The number of benzene rings is 1. The standard InChI is InChI=1S/C15H23FN2O/c1-4-18(14-9-7-13(16)8-10-14)15(19)6-5-11-17-12(2)3/h7-10,12,17H,4-6,11H2,1-3H3. The van der Waals surface area contributed by atoms with Crippen LogP contribution in [0.3, 0.4) is 0 Å². The van der Waals surface area contributed by atoms with Crippen molar-refractivity contribution in [3.8, 4) is 0 Å². The second-order valence-corrected chi connectivity index (χ2v) is 4.83. The zero-order valence-corrected chi connectivity index (χ0v) is 11.9. The van der Waals surface area contributed by atoms with E-state index in [2.05, 4.69) is 19.2 Å². The van der Waals surface area contributed by atoms with E-state index in [4.69, 9.17) is 0 Å². The molecule has 0 aliphatic rings. The zero-order valence-electron chi connectivity index (χ0n) is 11.9. The van der Waals surface area contributed by atoms with Crippen LogP contribution in [0.5, 0.6) is 0 Å². The maximum absolute atomic E-state index is 12.9. The largest absolute Gasteiger partial charge is 0.315 e. The predicted molar refractivity (Wildman–Crippen MR) is 76.8 cm³/mol. The van der Waals surface area contributed by atoms with Crippen molar-refractivity contribution in [1.82, 2.24) is 5.32 Å². The highest BCUT2D eigenvalue weighted by Gasteiger charge is 2.13. The summed E-state index contributed by atoms with van der Waals surface area (Å²) in [5.74, 6) is -0.201. The molecule has 1 aromatic carbocycles. The summed E-state index contributed by atoms with van der Waals surface area (Å²) in [6, 6.07) is 6.48. The number of amides is 1. The lowest BCUT2D eigenvalue weighted by atomic mass is 10.2. The molecule has 0 aliphatic heterocycles. The van der Waals surface area contributed by atoms with Gasteiger partial charge in [-0.25, -0.2) is 4.39 Å². The van der Waals surface area contributed by atoms with Gasteiger partial charge in [0.05, 0.1) is 0 Å². The molecule has 0 unspecified atom stereocenters. The van der Waals surface area contributed by atoms with Crippen molar-refractivity contribution in [2.75, 3.05) is 18.0 Å². The molecule has 0 aliphatic carbocycles. The minimum Gasteiger partial charge on any atom is -0.315 e. The molecular weight excluding hydrogens is 243 g/mol. The molecule has 0 saturated heterocycles. The number of hydrogen-bond donors (Lipinski definition) is 1. The Kier molecular flexibility index (Phi) is 6.50. The maximum atomic E-state index is 12.9. The van der Waals surface area contributed by atoms with Gasteiger partial charge in [-0.05, 0) is 44.2 Å². The van der Waals surface area contributed by atoms with Gasteiger partial charge < -0.3 is 10.2 Å². The Bertz CT molecular complexity index is 390. The molecule has 0 fully saturated rings. The number of halogens is 1. The highest BCUT2D eigenvalue weighted by atomic mass is 19.1. The first-order chi connectivity index (χ1) is 9.04. The maximum Gasteiger partial charge on any atom is 0.227 e. The van der Waals surface area contributed by atoms with Gasteiger partial charge >= 0.3 is 0 Å². The second-order valence-electron chi connectivity index (χ2n) is 4.83. The summed E-state index contributed by atoms with van der Waals surface area (Å²) < 4.78 is 12.9. The van der Waals surface area contributed by atoms with Gasteiger partial charge in [0.1, 0.15) is 5.82 Å². The summed E-state index contributed by atoms with van der Waals surface area (Å²) in [4.78, 5) is 13.8. The molecule has 0 heterocycles. The van der Waals surface area contributed by atoms with E-state index in [1.807, 2.05) is 6.92 Å². The van der Waals surface area contributed by atoms with Crippen molar-refractivity contribution in [2.24, 2.45) is 0 Å². The Morgan fingerprint density at radius 2 is 1.95 bits per heavy atom. The fourth-order valence-corrected chi connectivity index (χ4v) is 1.89. The molecule has 3 nitrogen and oxygen atoms in total. The SMILES string of the molecule is CCN(C(=O)CCCNC(C)C)c1ccc(F)cc1. The van der Waals surface area contributed by atoms with Crippen LogP contribution in [0, 0.1) is 5.82 Å². The van der Waals surface area contributed by atoms with Crippen LogP contribution in [-0.4, -0.2) is 25.0 Å². The molecule has 0 saturated carbocycles. The van der Waals surface area contributed by atoms with Gasteiger partial charge in [0.25, 0.3) is 0 Å². The van der Waals surface area contributed by atoms with Crippen molar-refractivity contribution in [3.05, 3.63) is 30.1 Å². The Balaban J connectivity index is 2.50. The number of nitrogens with zero attached hydrogens (tertiary/aromatic N) is 1. The van der Waals surface area contributed by atoms with Crippen LogP contribution in [0.1, 0.15) is 33.6 Å². The van der Waals surface area contributed by atoms with E-state index in [0.29, 0.717) is 19.0 Å². The van der Waals surface area contributed by atoms with Gasteiger partial charge in [-0.3, -0.25) is 4.79 Å². The fraction of sp³-hybridized carbons (Fsp3) is 0.533. The van der Waals surface area contributed by atoms with Crippen LogP contribution in [0.25, 0.3) is 0 Å². The predicted octanol–water partition coefficient (Wildman–Crippen LogP) is 2.96. The van der Waals surface area contributed by atoms with Crippen LogP contribution in [0.4, 0.5) is 10.1 Å². The number of carbonyl (C=O) groups excluding carboxylic acids is 1. The van der Waals surface area contributed by atoms with E-state index in [1.165, 1.54) is 12.1 Å². The van der Waals surface area contributed by atoms with Gasteiger partial charge in [0, 0.05) is 24.7 Å². The highest BCUT2D eigenvalue weighted by molar-refractivity contribution is 5.93. The Morgan fingerprint density at radius 1 is 1.32 bits per heavy atom. The zero-order chi connectivity index (χ0) is 14.3. The molecule has 1 N–H and O–H groups in total. The van der Waals surface area contributed by atoms with Gasteiger partial charge in [0.2, 0.25) is 5.91 Å². The molecule has 106 valence electrons. The Hall–Kier alpha value is -1.42. The van der Waals surface area contributed by atoms with E-state index in [-0.39, 0.29) is 11.7 Å². The first kappa shape index (κ1) is 15.6. The topological polar surface area (TPSA) is 32.3 Å². The van der Waals surface area contributed by atoms with Gasteiger partial charge in [-0.2, -0.15) is 0 Å². The quantitative estimate of drug-likeness (QED) is 0.770. The smallest absolute Gasteiger partial charge is 0.227 e. The van der Waals surface area contributed by atoms with E-state index < -0.39 is 0 Å². The van der Waals surface area contributed by atoms with Crippen molar-refractivity contribution >= 4 is 11.6 Å². The monoisotopic (exact) mass is 266 g/mol. The van der Waals surface area contributed by atoms with Crippen LogP contribution in [-0.2, 0) is 4.79 Å². The minimum atomic E-state index is -0.284. The number of rotatable bonds is 7. The third-order valence-electron chi connectivity index (χ3n) is 2.88. The van der Waals surface area contributed by atoms with Crippen molar-refractivity contribution in [2.45, 2.75) is 39.7 Å². The summed E-state index contributed by atoms with van der Waals surface area (Å²) in [6.45, 7) is 7.53. The molecule has 4 heteroatoms. The molecule has 1 aromatic rings. The summed E-state index contributed by atoms with van der Waals surface area (Å²) >= 11 is 0. The number of nitrogens with one attached hydrogen (secondary N) is 1. The molecular formula is C15H23FN2O. The molecule has 1 rings (SSSR count). The minimum absolute atomic E-state index is 0.0830. The highest BCUT2D eigenvalue weighted by Crippen LogP contribution is 2.16. The average molecular weight is 266 g/mol. The molecule has 0 bridgehead atoms.